The van der Waals surface area contributed by atoms with Crippen LogP contribution in [0.1, 0.15) is 20.3 Å². The lowest BCUT2D eigenvalue weighted by atomic mass is 10.1. The number of hydrogen-bond donors (Lipinski definition) is 2. The average molecular weight is 225 g/mol. The van der Waals surface area contributed by atoms with Gasteiger partial charge in [0.05, 0.1) is 12.3 Å². The van der Waals surface area contributed by atoms with E-state index in [1.165, 1.54) is 0 Å². The van der Waals surface area contributed by atoms with Gasteiger partial charge in [0.15, 0.2) is 0 Å². The molecular formula is C9H18F3N3. The van der Waals surface area contributed by atoms with Crippen molar-refractivity contribution in [1.29, 1.82) is 5.41 Å². The van der Waals surface area contributed by atoms with Crippen LogP contribution in [0.3, 0.4) is 0 Å². The first kappa shape index (κ1) is 14.2. The molecule has 0 radical (unpaired) electrons. The van der Waals surface area contributed by atoms with Crippen LogP contribution in [0, 0.1) is 11.3 Å². The fourth-order valence-corrected chi connectivity index (χ4v) is 1.15. The Balaban J connectivity index is 3.98. The molecule has 0 aliphatic rings. The number of rotatable bonds is 6. The zero-order valence-electron chi connectivity index (χ0n) is 9.06. The second-order valence-electron chi connectivity index (χ2n) is 3.61. The molecular weight excluding hydrogens is 207 g/mol. The summed E-state index contributed by atoms with van der Waals surface area (Å²) < 4.78 is 35.9. The van der Waals surface area contributed by atoms with Crippen LogP contribution in [0.2, 0.25) is 0 Å². The molecule has 3 nitrogen and oxygen atoms in total. The van der Waals surface area contributed by atoms with Crippen molar-refractivity contribution < 1.29 is 13.2 Å². The Labute approximate surface area is 87.9 Å². The SMILES string of the molecule is CCN(CCC(F)(F)F)CC(C)C(=N)N. The van der Waals surface area contributed by atoms with Gasteiger partial charge in [-0.2, -0.15) is 13.2 Å². The molecule has 15 heavy (non-hydrogen) atoms. The number of hydrogen-bond acceptors (Lipinski definition) is 2. The van der Waals surface area contributed by atoms with E-state index in [9.17, 15) is 13.2 Å². The van der Waals surface area contributed by atoms with E-state index in [-0.39, 0.29) is 18.3 Å². The minimum Gasteiger partial charge on any atom is -0.387 e. The number of amidine groups is 1. The minimum atomic E-state index is -4.12. The van der Waals surface area contributed by atoms with E-state index in [4.69, 9.17) is 11.1 Å². The van der Waals surface area contributed by atoms with Crippen molar-refractivity contribution in [3.8, 4) is 0 Å². The minimum absolute atomic E-state index is 0.0143. The fourth-order valence-electron chi connectivity index (χ4n) is 1.15. The maximum absolute atomic E-state index is 12.0. The molecule has 0 aromatic heterocycles. The molecule has 0 rings (SSSR count). The smallest absolute Gasteiger partial charge is 0.387 e. The van der Waals surface area contributed by atoms with E-state index in [0.29, 0.717) is 13.1 Å². The number of nitrogens with two attached hydrogens (primary N) is 1. The van der Waals surface area contributed by atoms with Gasteiger partial charge in [-0.05, 0) is 6.54 Å². The third-order valence-electron chi connectivity index (χ3n) is 2.22. The van der Waals surface area contributed by atoms with Crippen LogP contribution in [-0.2, 0) is 0 Å². The van der Waals surface area contributed by atoms with Crippen LogP contribution >= 0.6 is 0 Å². The highest BCUT2D eigenvalue weighted by molar-refractivity contribution is 5.79. The molecule has 90 valence electrons. The molecule has 3 N–H and O–H groups in total. The van der Waals surface area contributed by atoms with Gasteiger partial charge in [0, 0.05) is 19.0 Å². The second kappa shape index (κ2) is 5.95. The first-order chi connectivity index (χ1) is 6.76. The summed E-state index contributed by atoms with van der Waals surface area (Å²) in [6.07, 6.45) is -4.93. The van der Waals surface area contributed by atoms with Crippen LogP contribution in [0.4, 0.5) is 13.2 Å². The van der Waals surface area contributed by atoms with Crippen molar-refractivity contribution in [2.24, 2.45) is 11.7 Å². The average Bonchev–Trinajstić information content (AvgIpc) is 2.10. The van der Waals surface area contributed by atoms with E-state index < -0.39 is 12.6 Å². The third kappa shape index (κ3) is 7.18. The number of nitrogens with zero attached hydrogens (tertiary/aromatic N) is 1. The largest absolute Gasteiger partial charge is 0.390 e. The monoisotopic (exact) mass is 225 g/mol. The number of nitrogens with one attached hydrogen (secondary N) is 1. The Morgan fingerprint density at radius 2 is 2.00 bits per heavy atom. The Kier molecular flexibility index (Phi) is 5.64. The summed E-state index contributed by atoms with van der Waals surface area (Å²) in [7, 11) is 0. The molecule has 0 aliphatic carbocycles. The van der Waals surface area contributed by atoms with Gasteiger partial charge in [0.25, 0.3) is 0 Å². The summed E-state index contributed by atoms with van der Waals surface area (Å²) in [5, 5.41) is 7.15. The third-order valence-corrected chi connectivity index (χ3v) is 2.22. The van der Waals surface area contributed by atoms with Crippen molar-refractivity contribution in [2.45, 2.75) is 26.4 Å². The molecule has 6 heteroatoms. The van der Waals surface area contributed by atoms with Crippen molar-refractivity contribution in [2.75, 3.05) is 19.6 Å². The zero-order valence-corrected chi connectivity index (χ0v) is 9.06. The standard InChI is InChI=1S/C9H18F3N3/c1-3-15(5-4-9(10,11)12)6-7(2)8(13)14/h7H,3-6H2,1-2H3,(H3,13,14). The van der Waals surface area contributed by atoms with E-state index >= 15 is 0 Å². The number of halogens is 3. The summed E-state index contributed by atoms with van der Waals surface area (Å²) in [5.41, 5.74) is 5.26. The first-order valence-electron chi connectivity index (χ1n) is 4.89. The molecule has 0 aromatic carbocycles. The molecule has 0 heterocycles. The van der Waals surface area contributed by atoms with Gasteiger partial charge in [-0.1, -0.05) is 13.8 Å². The predicted molar refractivity (Wildman–Crippen MR) is 53.9 cm³/mol. The second-order valence-corrected chi connectivity index (χ2v) is 3.61. The molecule has 0 saturated carbocycles. The Morgan fingerprint density at radius 3 is 2.33 bits per heavy atom. The molecule has 1 atom stereocenters. The molecule has 0 aromatic rings. The maximum Gasteiger partial charge on any atom is 0.390 e. The van der Waals surface area contributed by atoms with Gasteiger partial charge >= 0.3 is 6.18 Å². The lowest BCUT2D eigenvalue weighted by molar-refractivity contribution is -0.138. The molecule has 0 fully saturated rings. The highest BCUT2D eigenvalue weighted by atomic mass is 19.4. The van der Waals surface area contributed by atoms with E-state index in [1.807, 2.05) is 0 Å². The van der Waals surface area contributed by atoms with Crippen LogP contribution < -0.4 is 5.73 Å². The van der Waals surface area contributed by atoms with E-state index in [0.717, 1.165) is 0 Å². The normalized spacial score (nSPS) is 14.3. The summed E-state index contributed by atoms with van der Waals surface area (Å²) in [4.78, 5) is 1.65. The summed E-state index contributed by atoms with van der Waals surface area (Å²) >= 11 is 0. The van der Waals surface area contributed by atoms with Crippen molar-refractivity contribution in [3.05, 3.63) is 0 Å². The van der Waals surface area contributed by atoms with Crippen LogP contribution in [0.15, 0.2) is 0 Å². The van der Waals surface area contributed by atoms with Gasteiger partial charge in [0.2, 0.25) is 0 Å². The highest BCUT2D eigenvalue weighted by Crippen LogP contribution is 2.19. The zero-order chi connectivity index (χ0) is 12.1. The topological polar surface area (TPSA) is 53.1 Å². The highest BCUT2D eigenvalue weighted by Gasteiger charge is 2.27. The van der Waals surface area contributed by atoms with Crippen molar-refractivity contribution in [1.82, 2.24) is 4.90 Å². The molecule has 0 bridgehead atoms. The van der Waals surface area contributed by atoms with Crippen LogP contribution in [0.5, 0.6) is 0 Å². The van der Waals surface area contributed by atoms with Crippen molar-refractivity contribution >= 4 is 5.84 Å². The lowest BCUT2D eigenvalue weighted by Gasteiger charge is -2.24. The van der Waals surface area contributed by atoms with Gasteiger partial charge < -0.3 is 10.6 Å². The molecule has 0 saturated heterocycles. The fraction of sp³-hybridized carbons (Fsp3) is 0.889. The Morgan fingerprint density at radius 1 is 1.47 bits per heavy atom. The molecule has 1 unspecified atom stereocenters. The predicted octanol–water partition coefficient (Wildman–Crippen LogP) is 1.83. The van der Waals surface area contributed by atoms with E-state index in [2.05, 4.69) is 0 Å². The van der Waals surface area contributed by atoms with Gasteiger partial charge in [0.1, 0.15) is 0 Å². The molecule has 0 aliphatic heterocycles. The van der Waals surface area contributed by atoms with Gasteiger partial charge in [-0.3, -0.25) is 5.41 Å². The molecule has 0 spiro atoms. The maximum atomic E-state index is 12.0. The molecule has 0 amide bonds. The number of alkyl halides is 3. The Bertz CT molecular complexity index is 203. The summed E-state index contributed by atoms with van der Waals surface area (Å²) in [6, 6.07) is 0. The first-order valence-corrected chi connectivity index (χ1v) is 4.89. The summed E-state index contributed by atoms with van der Waals surface area (Å²) in [5.74, 6) is -0.182. The van der Waals surface area contributed by atoms with Gasteiger partial charge in [-0.25, -0.2) is 0 Å². The summed E-state index contributed by atoms with van der Waals surface area (Å²) in [6.45, 7) is 4.44. The quantitative estimate of drug-likeness (QED) is 0.535. The Hall–Kier alpha value is -0.780. The van der Waals surface area contributed by atoms with Crippen LogP contribution in [-0.4, -0.2) is 36.5 Å². The van der Waals surface area contributed by atoms with Gasteiger partial charge in [-0.15, -0.1) is 0 Å². The lowest BCUT2D eigenvalue weighted by Crippen LogP contribution is -2.36. The van der Waals surface area contributed by atoms with E-state index in [1.54, 1.807) is 18.7 Å². The van der Waals surface area contributed by atoms with Crippen molar-refractivity contribution in [3.63, 3.8) is 0 Å². The van der Waals surface area contributed by atoms with Crippen LogP contribution in [0.25, 0.3) is 0 Å².